The molecule has 2 aromatic rings. The zero-order valence-corrected chi connectivity index (χ0v) is 13.0. The molecule has 1 heterocycles. The molecular weight excluding hydrogens is 324 g/mol. The lowest BCUT2D eigenvalue weighted by Crippen LogP contribution is -2.27. The lowest BCUT2D eigenvalue weighted by atomic mass is 10.2. The van der Waals surface area contributed by atoms with Gasteiger partial charge in [-0.05, 0) is 53.1 Å². The number of aryl methyl sites for hydroxylation is 1. The Morgan fingerprint density at radius 2 is 2.00 bits per heavy atom. The maximum absolute atomic E-state index is 11.7. The van der Waals surface area contributed by atoms with Gasteiger partial charge in [-0.3, -0.25) is 4.79 Å². The molecule has 0 saturated carbocycles. The van der Waals surface area contributed by atoms with E-state index in [1.807, 2.05) is 24.3 Å². The summed E-state index contributed by atoms with van der Waals surface area (Å²) in [4.78, 5) is 11.7. The third-order valence-electron chi connectivity index (χ3n) is 2.69. The number of carbonyl (C=O) groups is 1. The molecule has 0 saturated heterocycles. The first kappa shape index (κ1) is 14.2. The van der Waals surface area contributed by atoms with Gasteiger partial charge in [0.25, 0.3) is 0 Å². The van der Waals surface area contributed by atoms with Gasteiger partial charge in [-0.25, -0.2) is 0 Å². The first-order valence-electron chi connectivity index (χ1n) is 5.93. The summed E-state index contributed by atoms with van der Waals surface area (Å²) < 4.78 is 0.997. The fourth-order valence-corrected chi connectivity index (χ4v) is 2.74. The van der Waals surface area contributed by atoms with Crippen molar-refractivity contribution in [2.24, 2.45) is 0 Å². The van der Waals surface area contributed by atoms with Crippen LogP contribution >= 0.6 is 27.3 Å². The van der Waals surface area contributed by atoms with E-state index < -0.39 is 0 Å². The topological polar surface area (TPSA) is 41.1 Å². The van der Waals surface area contributed by atoms with Crippen molar-refractivity contribution in [2.45, 2.75) is 13.5 Å². The van der Waals surface area contributed by atoms with E-state index in [9.17, 15) is 4.79 Å². The quantitative estimate of drug-likeness (QED) is 0.875. The molecule has 0 spiro atoms. The second-order valence-corrected chi connectivity index (χ2v) is 5.90. The van der Waals surface area contributed by atoms with Gasteiger partial charge in [-0.15, -0.1) is 0 Å². The second kappa shape index (κ2) is 6.84. The molecular formula is C14H15BrN2OS. The van der Waals surface area contributed by atoms with Gasteiger partial charge in [0, 0.05) is 16.7 Å². The number of hydrogen-bond donors (Lipinski definition) is 2. The molecule has 19 heavy (non-hydrogen) atoms. The van der Waals surface area contributed by atoms with Crippen molar-refractivity contribution in [2.75, 3.05) is 11.9 Å². The molecule has 0 atom stereocenters. The van der Waals surface area contributed by atoms with Crippen LogP contribution in [0.5, 0.6) is 0 Å². The van der Waals surface area contributed by atoms with Crippen LogP contribution in [0.25, 0.3) is 0 Å². The predicted octanol–water partition coefficient (Wildman–Crippen LogP) is 3.55. The lowest BCUT2D eigenvalue weighted by Gasteiger charge is -2.06. The van der Waals surface area contributed by atoms with Crippen LogP contribution in [0.15, 0.2) is 39.5 Å². The number of nitrogens with one attached hydrogen (secondary N) is 2. The highest BCUT2D eigenvalue weighted by Gasteiger charge is 2.03. The third-order valence-corrected chi connectivity index (χ3v) is 4.13. The molecule has 0 aliphatic carbocycles. The molecule has 100 valence electrons. The van der Waals surface area contributed by atoms with E-state index in [0.717, 1.165) is 16.7 Å². The average molecular weight is 339 g/mol. The average Bonchev–Trinajstić information content (AvgIpc) is 2.78. The Hall–Kier alpha value is -1.17. The molecule has 1 aromatic heterocycles. The molecule has 5 heteroatoms. The van der Waals surface area contributed by atoms with E-state index in [2.05, 4.69) is 44.2 Å². The van der Waals surface area contributed by atoms with Crippen LogP contribution in [-0.2, 0) is 11.3 Å². The highest BCUT2D eigenvalue weighted by Crippen LogP contribution is 2.14. The van der Waals surface area contributed by atoms with Crippen molar-refractivity contribution in [3.8, 4) is 0 Å². The molecule has 2 rings (SSSR count). The largest absolute Gasteiger partial charge is 0.325 e. The van der Waals surface area contributed by atoms with E-state index >= 15 is 0 Å². The molecule has 1 aromatic carbocycles. The molecule has 0 aliphatic rings. The zero-order valence-electron chi connectivity index (χ0n) is 10.6. The minimum Gasteiger partial charge on any atom is -0.325 e. The van der Waals surface area contributed by atoms with Gasteiger partial charge in [-0.2, -0.15) is 11.3 Å². The van der Waals surface area contributed by atoms with Crippen LogP contribution in [0, 0.1) is 6.92 Å². The van der Waals surface area contributed by atoms with Gasteiger partial charge in [-0.1, -0.05) is 15.9 Å². The van der Waals surface area contributed by atoms with Crippen molar-refractivity contribution in [3.05, 3.63) is 50.6 Å². The number of amides is 1. The van der Waals surface area contributed by atoms with Gasteiger partial charge in [0.15, 0.2) is 0 Å². The number of anilines is 1. The minimum atomic E-state index is -0.0322. The van der Waals surface area contributed by atoms with E-state index in [1.165, 1.54) is 11.1 Å². The summed E-state index contributed by atoms with van der Waals surface area (Å²) in [6, 6.07) is 7.53. The van der Waals surface area contributed by atoms with Crippen LogP contribution in [0.3, 0.4) is 0 Å². The smallest absolute Gasteiger partial charge is 0.238 e. The Labute approximate surface area is 125 Å². The Morgan fingerprint density at radius 3 is 2.63 bits per heavy atom. The van der Waals surface area contributed by atoms with Gasteiger partial charge in [0.05, 0.1) is 6.54 Å². The molecule has 0 bridgehead atoms. The van der Waals surface area contributed by atoms with Gasteiger partial charge >= 0.3 is 0 Å². The van der Waals surface area contributed by atoms with Crippen LogP contribution in [0.2, 0.25) is 0 Å². The number of carbonyl (C=O) groups excluding carboxylic acids is 1. The Bertz CT molecular complexity index is 551. The normalized spacial score (nSPS) is 10.4. The van der Waals surface area contributed by atoms with Crippen molar-refractivity contribution in [1.82, 2.24) is 5.32 Å². The fraction of sp³-hybridized carbons (Fsp3) is 0.214. The standard InChI is InChI=1S/C14H15BrN2OS/c1-10-8-19-9-11(10)6-16-7-14(18)17-13-4-2-12(15)3-5-13/h2-5,8-9,16H,6-7H2,1H3,(H,17,18). The Kier molecular flexibility index (Phi) is 5.13. The summed E-state index contributed by atoms with van der Waals surface area (Å²) in [6.45, 7) is 3.11. The number of thiophene rings is 1. The molecule has 0 radical (unpaired) electrons. The second-order valence-electron chi connectivity index (χ2n) is 4.24. The van der Waals surface area contributed by atoms with Gasteiger partial charge in [0.2, 0.25) is 5.91 Å². The number of rotatable bonds is 5. The molecule has 2 N–H and O–H groups in total. The molecule has 3 nitrogen and oxygen atoms in total. The molecule has 0 fully saturated rings. The summed E-state index contributed by atoms with van der Waals surface area (Å²) in [6.07, 6.45) is 0. The summed E-state index contributed by atoms with van der Waals surface area (Å²) in [7, 11) is 0. The fourth-order valence-electron chi connectivity index (χ4n) is 1.62. The van der Waals surface area contributed by atoms with Crippen LogP contribution in [0.4, 0.5) is 5.69 Å². The first-order valence-corrected chi connectivity index (χ1v) is 7.66. The van der Waals surface area contributed by atoms with Crippen molar-refractivity contribution >= 4 is 38.9 Å². The molecule has 1 amide bonds. The maximum Gasteiger partial charge on any atom is 0.238 e. The summed E-state index contributed by atoms with van der Waals surface area (Å²) in [5.41, 5.74) is 3.33. The third kappa shape index (κ3) is 4.45. The van der Waals surface area contributed by atoms with E-state index in [4.69, 9.17) is 0 Å². The number of hydrogen-bond acceptors (Lipinski definition) is 3. The van der Waals surface area contributed by atoms with Crippen LogP contribution in [-0.4, -0.2) is 12.5 Å². The summed E-state index contributed by atoms with van der Waals surface area (Å²) in [5.74, 6) is -0.0322. The zero-order chi connectivity index (χ0) is 13.7. The highest BCUT2D eigenvalue weighted by molar-refractivity contribution is 9.10. The SMILES string of the molecule is Cc1cscc1CNCC(=O)Nc1ccc(Br)cc1. The monoisotopic (exact) mass is 338 g/mol. The predicted molar refractivity (Wildman–Crippen MR) is 83.5 cm³/mol. The summed E-state index contributed by atoms with van der Waals surface area (Å²) in [5, 5.41) is 10.2. The van der Waals surface area contributed by atoms with Crippen LogP contribution in [0.1, 0.15) is 11.1 Å². The number of halogens is 1. The minimum absolute atomic E-state index is 0.0322. The van der Waals surface area contributed by atoms with E-state index in [1.54, 1.807) is 11.3 Å². The number of benzene rings is 1. The van der Waals surface area contributed by atoms with Crippen molar-refractivity contribution in [3.63, 3.8) is 0 Å². The summed E-state index contributed by atoms with van der Waals surface area (Å²) >= 11 is 5.04. The van der Waals surface area contributed by atoms with E-state index in [0.29, 0.717) is 6.54 Å². The maximum atomic E-state index is 11.7. The van der Waals surface area contributed by atoms with Crippen molar-refractivity contribution < 1.29 is 4.79 Å². The Balaban J connectivity index is 1.76. The van der Waals surface area contributed by atoms with Gasteiger partial charge < -0.3 is 10.6 Å². The van der Waals surface area contributed by atoms with E-state index in [-0.39, 0.29) is 5.91 Å². The van der Waals surface area contributed by atoms with Crippen LogP contribution < -0.4 is 10.6 Å². The highest BCUT2D eigenvalue weighted by atomic mass is 79.9. The first-order chi connectivity index (χ1) is 9.15. The lowest BCUT2D eigenvalue weighted by molar-refractivity contribution is -0.115. The Morgan fingerprint density at radius 1 is 1.26 bits per heavy atom. The van der Waals surface area contributed by atoms with Gasteiger partial charge in [0.1, 0.15) is 0 Å². The molecule has 0 unspecified atom stereocenters. The molecule has 0 aliphatic heterocycles. The van der Waals surface area contributed by atoms with Crippen molar-refractivity contribution in [1.29, 1.82) is 0 Å².